The van der Waals surface area contributed by atoms with Gasteiger partial charge < -0.3 is 9.73 Å². The lowest BCUT2D eigenvalue weighted by molar-refractivity contribution is -0.116. The second kappa shape index (κ2) is 6.17. The molecule has 6 heteroatoms. The molecule has 0 saturated heterocycles. The molecule has 0 aliphatic carbocycles. The van der Waals surface area contributed by atoms with Gasteiger partial charge in [-0.1, -0.05) is 35.8 Å². The highest BCUT2D eigenvalue weighted by Gasteiger charge is 2.19. The van der Waals surface area contributed by atoms with Crippen LogP contribution in [0.2, 0.25) is 0 Å². The molecule has 2 aromatic rings. The Morgan fingerprint density at radius 3 is 2.75 bits per heavy atom. The second-order valence-electron chi connectivity index (χ2n) is 4.91. The Morgan fingerprint density at radius 2 is 2.15 bits per heavy atom. The van der Waals surface area contributed by atoms with Crippen molar-refractivity contribution in [2.75, 3.05) is 5.32 Å². The molecule has 0 aliphatic rings. The number of hydrogen-bond donors (Lipinski definition) is 1. The molecule has 1 atom stereocenters. The number of carbonyl (C=O) groups is 1. The SMILES string of the molecule is Cc1ccc(-c2nnco2)cc1NC(=O)C(Br)C(C)C. The zero-order chi connectivity index (χ0) is 14.7. The van der Waals surface area contributed by atoms with Gasteiger partial charge in [0.1, 0.15) is 0 Å². The first-order valence-corrected chi connectivity index (χ1v) is 7.22. The van der Waals surface area contributed by atoms with Gasteiger partial charge in [-0.05, 0) is 30.5 Å². The van der Waals surface area contributed by atoms with Crippen LogP contribution in [0, 0.1) is 12.8 Å². The van der Waals surface area contributed by atoms with Crippen LogP contribution in [0.5, 0.6) is 0 Å². The van der Waals surface area contributed by atoms with Gasteiger partial charge in [-0.15, -0.1) is 10.2 Å². The van der Waals surface area contributed by atoms with Crippen molar-refractivity contribution in [3.05, 3.63) is 30.2 Å². The van der Waals surface area contributed by atoms with E-state index in [4.69, 9.17) is 4.42 Å². The van der Waals surface area contributed by atoms with Crippen LogP contribution in [0.4, 0.5) is 5.69 Å². The molecule has 1 unspecified atom stereocenters. The van der Waals surface area contributed by atoms with Gasteiger partial charge >= 0.3 is 0 Å². The van der Waals surface area contributed by atoms with Crippen molar-refractivity contribution in [1.82, 2.24) is 10.2 Å². The predicted molar refractivity (Wildman–Crippen MR) is 80.7 cm³/mol. The molecule has 1 aromatic heterocycles. The van der Waals surface area contributed by atoms with E-state index in [0.717, 1.165) is 16.8 Å². The van der Waals surface area contributed by atoms with Crippen LogP contribution in [-0.2, 0) is 4.79 Å². The van der Waals surface area contributed by atoms with E-state index in [1.807, 2.05) is 39.0 Å². The van der Waals surface area contributed by atoms with Crippen molar-refractivity contribution in [2.45, 2.75) is 25.6 Å². The highest BCUT2D eigenvalue weighted by Crippen LogP contribution is 2.25. The third-order valence-corrected chi connectivity index (χ3v) is 4.41. The lowest BCUT2D eigenvalue weighted by Crippen LogP contribution is -2.27. The van der Waals surface area contributed by atoms with Crippen molar-refractivity contribution in [2.24, 2.45) is 5.92 Å². The largest absolute Gasteiger partial charge is 0.423 e. The summed E-state index contributed by atoms with van der Waals surface area (Å²) in [4.78, 5) is 11.9. The normalized spacial score (nSPS) is 12.4. The average Bonchev–Trinajstić information content (AvgIpc) is 2.94. The number of aryl methyl sites for hydroxylation is 1. The van der Waals surface area contributed by atoms with E-state index in [9.17, 15) is 4.79 Å². The van der Waals surface area contributed by atoms with Gasteiger partial charge in [0.05, 0.1) is 4.83 Å². The summed E-state index contributed by atoms with van der Waals surface area (Å²) in [6.07, 6.45) is 1.28. The van der Waals surface area contributed by atoms with E-state index >= 15 is 0 Å². The van der Waals surface area contributed by atoms with E-state index in [1.165, 1.54) is 6.39 Å². The molecule has 1 N–H and O–H groups in total. The lowest BCUT2D eigenvalue weighted by atomic mass is 10.1. The van der Waals surface area contributed by atoms with Crippen LogP contribution in [0.25, 0.3) is 11.5 Å². The first kappa shape index (κ1) is 14.7. The summed E-state index contributed by atoms with van der Waals surface area (Å²) >= 11 is 3.39. The van der Waals surface area contributed by atoms with Gasteiger partial charge in [0.25, 0.3) is 0 Å². The maximum absolute atomic E-state index is 12.1. The molecule has 0 aliphatic heterocycles. The second-order valence-corrected chi connectivity index (χ2v) is 5.90. The van der Waals surface area contributed by atoms with E-state index in [0.29, 0.717) is 5.89 Å². The molecule has 1 heterocycles. The van der Waals surface area contributed by atoms with Crippen molar-refractivity contribution < 1.29 is 9.21 Å². The number of hydrogen-bond acceptors (Lipinski definition) is 4. The summed E-state index contributed by atoms with van der Waals surface area (Å²) in [5, 5.41) is 10.4. The molecule has 0 saturated carbocycles. The molecule has 1 aromatic carbocycles. The molecule has 20 heavy (non-hydrogen) atoms. The fourth-order valence-electron chi connectivity index (χ4n) is 1.69. The average molecular weight is 338 g/mol. The minimum Gasteiger partial charge on any atom is -0.423 e. The van der Waals surface area contributed by atoms with Crippen LogP contribution >= 0.6 is 15.9 Å². The highest BCUT2D eigenvalue weighted by atomic mass is 79.9. The zero-order valence-electron chi connectivity index (χ0n) is 11.6. The number of benzene rings is 1. The molecule has 1 amide bonds. The van der Waals surface area contributed by atoms with Gasteiger partial charge in [0.2, 0.25) is 18.2 Å². The number of rotatable bonds is 4. The van der Waals surface area contributed by atoms with Crippen LogP contribution in [0.1, 0.15) is 19.4 Å². The van der Waals surface area contributed by atoms with Crippen LogP contribution < -0.4 is 5.32 Å². The van der Waals surface area contributed by atoms with Gasteiger partial charge in [-0.2, -0.15) is 0 Å². The fraction of sp³-hybridized carbons (Fsp3) is 0.357. The Morgan fingerprint density at radius 1 is 1.40 bits per heavy atom. The number of nitrogens with one attached hydrogen (secondary N) is 1. The summed E-state index contributed by atoms with van der Waals surface area (Å²) in [7, 11) is 0. The lowest BCUT2D eigenvalue weighted by Gasteiger charge is -2.15. The Kier molecular flexibility index (Phi) is 4.54. The summed E-state index contributed by atoms with van der Waals surface area (Å²) in [6, 6.07) is 5.63. The number of carbonyl (C=O) groups excluding carboxylic acids is 1. The van der Waals surface area contributed by atoms with Gasteiger partial charge in [0.15, 0.2) is 0 Å². The molecule has 0 fully saturated rings. The topological polar surface area (TPSA) is 68.0 Å². The third-order valence-electron chi connectivity index (χ3n) is 2.94. The molecular weight excluding hydrogens is 322 g/mol. The Hall–Kier alpha value is -1.69. The highest BCUT2D eigenvalue weighted by molar-refractivity contribution is 9.10. The minimum atomic E-state index is -0.228. The van der Waals surface area contributed by atoms with Gasteiger partial charge in [0, 0.05) is 11.3 Å². The predicted octanol–water partition coefficient (Wildman–Crippen LogP) is 3.40. The summed E-state index contributed by atoms with van der Waals surface area (Å²) < 4.78 is 5.16. The molecule has 5 nitrogen and oxygen atoms in total. The van der Waals surface area contributed by atoms with Crippen LogP contribution in [-0.4, -0.2) is 20.9 Å². The van der Waals surface area contributed by atoms with Crippen molar-refractivity contribution >= 4 is 27.5 Å². The minimum absolute atomic E-state index is 0.0641. The Labute approximate surface area is 125 Å². The summed E-state index contributed by atoms with van der Waals surface area (Å²) in [6.45, 7) is 5.91. The number of nitrogens with zero attached hydrogens (tertiary/aromatic N) is 2. The van der Waals surface area contributed by atoms with E-state index in [1.54, 1.807) is 0 Å². The number of aromatic nitrogens is 2. The quantitative estimate of drug-likeness (QED) is 0.868. The zero-order valence-corrected chi connectivity index (χ0v) is 13.1. The van der Waals surface area contributed by atoms with E-state index in [-0.39, 0.29) is 16.7 Å². The number of amides is 1. The monoisotopic (exact) mass is 337 g/mol. The van der Waals surface area contributed by atoms with E-state index < -0.39 is 0 Å². The number of alkyl halides is 1. The Balaban J connectivity index is 2.24. The van der Waals surface area contributed by atoms with Crippen LogP contribution in [0.3, 0.4) is 0 Å². The number of halogens is 1. The molecule has 0 bridgehead atoms. The van der Waals surface area contributed by atoms with Crippen LogP contribution in [0.15, 0.2) is 29.0 Å². The molecule has 0 spiro atoms. The first-order chi connectivity index (χ1) is 9.49. The molecule has 2 rings (SSSR count). The molecule has 106 valence electrons. The smallest absolute Gasteiger partial charge is 0.247 e. The van der Waals surface area contributed by atoms with Gasteiger partial charge in [-0.25, -0.2) is 0 Å². The Bertz CT molecular complexity index is 596. The fourth-order valence-corrected chi connectivity index (χ4v) is 1.81. The first-order valence-electron chi connectivity index (χ1n) is 6.31. The van der Waals surface area contributed by atoms with E-state index in [2.05, 4.69) is 31.4 Å². The van der Waals surface area contributed by atoms with Crippen molar-refractivity contribution in [1.29, 1.82) is 0 Å². The third kappa shape index (κ3) is 3.25. The maximum atomic E-state index is 12.1. The summed E-state index contributed by atoms with van der Waals surface area (Å²) in [5.41, 5.74) is 2.50. The molecular formula is C14H16BrN3O2. The molecule has 0 radical (unpaired) electrons. The maximum Gasteiger partial charge on any atom is 0.247 e. The van der Waals surface area contributed by atoms with Gasteiger partial charge in [-0.3, -0.25) is 4.79 Å². The summed E-state index contributed by atoms with van der Waals surface area (Å²) in [5.74, 6) is 0.583. The van der Waals surface area contributed by atoms with Crippen molar-refractivity contribution in [3.8, 4) is 11.5 Å². The number of anilines is 1. The van der Waals surface area contributed by atoms with Crippen molar-refractivity contribution in [3.63, 3.8) is 0 Å². The standard InChI is InChI=1S/C14H16BrN3O2/c1-8(2)12(15)13(19)17-11-6-10(5-4-9(11)3)14-18-16-7-20-14/h4-8,12H,1-3H3,(H,17,19).